The number of carbonyl (C=O) groups excluding carboxylic acids is 2. The number of rotatable bonds is 9. The molecule has 2 heterocycles. The molecule has 31 heavy (non-hydrogen) atoms. The molecule has 0 saturated carbocycles. The predicted molar refractivity (Wildman–Crippen MR) is 107 cm³/mol. The molecule has 170 valence electrons. The molecule has 0 spiro atoms. The first kappa shape index (κ1) is 23.2. The van der Waals surface area contributed by atoms with E-state index in [4.69, 9.17) is 10.8 Å². The van der Waals surface area contributed by atoms with Crippen LogP contribution in [0.4, 0.5) is 13.2 Å². The lowest BCUT2D eigenvalue weighted by atomic mass is 9.94. The Hall–Kier alpha value is -2.44. The van der Waals surface area contributed by atoms with Gasteiger partial charge >= 0.3 is 6.18 Å². The maximum atomic E-state index is 13.2. The van der Waals surface area contributed by atoms with Gasteiger partial charge in [0.15, 0.2) is 5.69 Å². The fraction of sp³-hybridized carbons (Fsp3) is 0.526. The normalized spacial score (nSPS) is 13.8. The zero-order chi connectivity index (χ0) is 22.6. The summed E-state index contributed by atoms with van der Waals surface area (Å²) < 4.78 is 40.6. The second-order valence-corrected chi connectivity index (χ2v) is 8.44. The van der Waals surface area contributed by atoms with Gasteiger partial charge in [0.25, 0.3) is 0 Å². The Balaban J connectivity index is 1.67. The minimum atomic E-state index is -4.66. The van der Waals surface area contributed by atoms with Crippen molar-refractivity contribution in [3.63, 3.8) is 0 Å². The Morgan fingerprint density at radius 1 is 1.26 bits per heavy atom. The first-order chi connectivity index (χ1) is 14.7. The van der Waals surface area contributed by atoms with Gasteiger partial charge < -0.3 is 21.5 Å². The summed E-state index contributed by atoms with van der Waals surface area (Å²) in [7, 11) is 0. The molecule has 1 aliphatic rings. The molecular weight excluding hydrogens is 435 g/mol. The van der Waals surface area contributed by atoms with Gasteiger partial charge in [0.1, 0.15) is 6.54 Å². The summed E-state index contributed by atoms with van der Waals surface area (Å²) in [4.78, 5) is 26.0. The first-order valence-corrected chi connectivity index (χ1v) is 10.7. The van der Waals surface area contributed by atoms with Crippen LogP contribution in [-0.4, -0.2) is 39.9 Å². The molecule has 2 amide bonds. The van der Waals surface area contributed by atoms with Crippen LogP contribution in [0.25, 0.3) is 0 Å². The highest BCUT2D eigenvalue weighted by molar-refractivity contribution is 7.12. The third-order valence-electron chi connectivity index (χ3n) is 4.95. The van der Waals surface area contributed by atoms with Crippen LogP contribution < -0.4 is 16.4 Å². The first-order valence-electron chi connectivity index (χ1n) is 9.85. The topological polar surface area (TPSA) is 122 Å². The minimum absolute atomic E-state index is 0.0765. The van der Waals surface area contributed by atoms with Crippen molar-refractivity contribution in [2.24, 2.45) is 5.73 Å². The van der Waals surface area contributed by atoms with Gasteiger partial charge in [-0.1, -0.05) is 0 Å². The smallest absolute Gasteiger partial charge is 0.395 e. The molecule has 0 aromatic carbocycles. The van der Waals surface area contributed by atoms with Crippen LogP contribution in [0.5, 0.6) is 0 Å². The molecule has 3 rings (SSSR count). The number of hydrogen-bond donors (Lipinski definition) is 4. The Labute approximate surface area is 180 Å². The lowest BCUT2D eigenvalue weighted by Crippen LogP contribution is -2.28. The summed E-state index contributed by atoms with van der Waals surface area (Å²) in [5.74, 6) is -1.07. The number of aliphatic hydroxyl groups is 1. The third-order valence-corrected chi connectivity index (χ3v) is 6.24. The van der Waals surface area contributed by atoms with Gasteiger partial charge in [-0.15, -0.1) is 11.3 Å². The lowest BCUT2D eigenvalue weighted by Gasteiger charge is -2.11. The van der Waals surface area contributed by atoms with Crippen molar-refractivity contribution in [1.29, 1.82) is 0 Å². The highest BCUT2D eigenvalue weighted by Crippen LogP contribution is 2.34. The van der Waals surface area contributed by atoms with Gasteiger partial charge in [-0.2, -0.15) is 18.3 Å². The number of amides is 2. The van der Waals surface area contributed by atoms with Crippen LogP contribution in [0, 0.1) is 0 Å². The molecule has 5 N–H and O–H groups in total. The zero-order valence-corrected chi connectivity index (χ0v) is 17.5. The van der Waals surface area contributed by atoms with Gasteiger partial charge in [-0.05, 0) is 31.2 Å². The molecule has 0 aliphatic heterocycles. The summed E-state index contributed by atoms with van der Waals surface area (Å²) in [5, 5.41) is 17.6. The van der Waals surface area contributed by atoms with E-state index in [1.54, 1.807) is 0 Å². The van der Waals surface area contributed by atoms with Crippen molar-refractivity contribution in [2.75, 3.05) is 13.2 Å². The number of aliphatic hydroxyl groups excluding tert-OH is 1. The van der Waals surface area contributed by atoms with E-state index in [9.17, 15) is 22.8 Å². The molecule has 12 heteroatoms. The lowest BCUT2D eigenvalue weighted by molar-refractivity contribution is -0.142. The number of aromatic nitrogens is 2. The number of primary amides is 1. The van der Waals surface area contributed by atoms with Crippen molar-refractivity contribution in [3.05, 3.63) is 38.3 Å². The van der Waals surface area contributed by atoms with E-state index in [1.807, 2.05) is 0 Å². The van der Waals surface area contributed by atoms with Gasteiger partial charge in [-0.25, -0.2) is 0 Å². The quantitative estimate of drug-likeness (QED) is 0.422. The van der Waals surface area contributed by atoms with Crippen molar-refractivity contribution in [2.45, 2.75) is 51.5 Å². The molecule has 2 aromatic rings. The number of hydrogen-bond acceptors (Lipinski definition) is 6. The maximum absolute atomic E-state index is 13.2. The average molecular weight is 459 g/mol. The Morgan fingerprint density at radius 2 is 2.00 bits per heavy atom. The van der Waals surface area contributed by atoms with Crippen LogP contribution in [0.15, 0.2) is 6.20 Å². The SMILES string of the molecule is NC(=O)c1c(CNC(=O)Cn2cc(CNCCO)c(C(F)(F)F)n2)sc2c1CCCC2. The van der Waals surface area contributed by atoms with Gasteiger partial charge in [-0.3, -0.25) is 14.3 Å². The fourth-order valence-corrected chi connectivity index (χ4v) is 4.97. The number of thiophene rings is 1. The largest absolute Gasteiger partial charge is 0.435 e. The second kappa shape index (κ2) is 9.79. The maximum Gasteiger partial charge on any atom is 0.435 e. The number of aryl methyl sites for hydroxylation is 1. The molecule has 1 aliphatic carbocycles. The second-order valence-electron chi connectivity index (χ2n) is 7.25. The predicted octanol–water partition coefficient (Wildman–Crippen LogP) is 1.34. The number of nitrogens with two attached hydrogens (primary N) is 1. The van der Waals surface area contributed by atoms with Crippen LogP contribution in [0.1, 0.15) is 49.8 Å². The van der Waals surface area contributed by atoms with Gasteiger partial charge in [0.05, 0.1) is 18.7 Å². The molecule has 8 nitrogen and oxygen atoms in total. The van der Waals surface area contributed by atoms with Crippen molar-refractivity contribution in [1.82, 2.24) is 20.4 Å². The molecule has 0 saturated heterocycles. The number of carbonyl (C=O) groups is 2. The van der Waals surface area contributed by atoms with Crippen LogP contribution in [0.3, 0.4) is 0 Å². The summed E-state index contributed by atoms with van der Waals surface area (Å²) >= 11 is 1.44. The van der Waals surface area contributed by atoms with Gasteiger partial charge in [0, 0.05) is 34.6 Å². The van der Waals surface area contributed by atoms with Crippen molar-refractivity contribution in [3.8, 4) is 0 Å². The fourth-order valence-electron chi connectivity index (χ4n) is 3.63. The summed E-state index contributed by atoms with van der Waals surface area (Å²) in [6.07, 6.45) is 0.156. The number of halogens is 3. The standard InChI is InChI=1S/C19H24F3N5O3S/c20-19(21,22)17-11(7-24-5-6-28)9-27(26-17)10-15(29)25-8-14-16(18(23)30)12-3-1-2-4-13(12)31-14/h9,24,28H,1-8,10H2,(H2,23,30)(H,25,29). The van der Waals surface area contributed by atoms with E-state index < -0.39 is 30.2 Å². The summed E-state index contributed by atoms with van der Waals surface area (Å²) in [6.45, 7) is -0.541. The molecule has 0 unspecified atom stereocenters. The highest BCUT2D eigenvalue weighted by atomic mass is 32.1. The minimum Gasteiger partial charge on any atom is -0.395 e. The van der Waals surface area contributed by atoms with E-state index >= 15 is 0 Å². The third kappa shape index (κ3) is 5.63. The van der Waals surface area contributed by atoms with E-state index in [0.717, 1.165) is 47.0 Å². The van der Waals surface area contributed by atoms with E-state index in [0.29, 0.717) is 10.4 Å². The monoisotopic (exact) mass is 459 g/mol. The van der Waals surface area contributed by atoms with Crippen molar-refractivity contribution >= 4 is 23.2 Å². The number of nitrogens with zero attached hydrogens (tertiary/aromatic N) is 2. The van der Waals surface area contributed by atoms with E-state index in [2.05, 4.69) is 15.7 Å². The van der Waals surface area contributed by atoms with Crippen molar-refractivity contribution < 1.29 is 27.9 Å². The molecule has 0 atom stereocenters. The van der Waals surface area contributed by atoms with Crippen LogP contribution >= 0.6 is 11.3 Å². The Kier molecular flexibility index (Phi) is 7.34. The molecule has 2 aromatic heterocycles. The van der Waals surface area contributed by atoms with Crippen LogP contribution in [-0.2, 0) is 43.4 Å². The molecular formula is C19H24F3N5O3S. The highest BCUT2D eigenvalue weighted by Gasteiger charge is 2.37. The number of nitrogens with one attached hydrogen (secondary N) is 2. The molecule has 0 radical (unpaired) electrons. The summed E-state index contributed by atoms with van der Waals surface area (Å²) in [6, 6.07) is 0. The number of alkyl halides is 3. The van der Waals surface area contributed by atoms with E-state index in [1.165, 1.54) is 11.3 Å². The average Bonchev–Trinajstić information content (AvgIpc) is 3.27. The zero-order valence-electron chi connectivity index (χ0n) is 16.7. The van der Waals surface area contributed by atoms with Crippen LogP contribution in [0.2, 0.25) is 0 Å². The van der Waals surface area contributed by atoms with Gasteiger partial charge in [0.2, 0.25) is 11.8 Å². The molecule has 0 fully saturated rings. The Morgan fingerprint density at radius 3 is 2.68 bits per heavy atom. The van der Waals surface area contributed by atoms with E-state index in [-0.39, 0.29) is 31.8 Å². The summed E-state index contributed by atoms with van der Waals surface area (Å²) in [5.41, 5.74) is 5.75. The Bertz CT molecular complexity index is 954. The molecule has 0 bridgehead atoms. The number of fused-ring (bicyclic) bond motifs is 1.